The molecule has 0 spiro atoms. The molecule has 0 saturated carbocycles. The van der Waals surface area contributed by atoms with Crippen molar-refractivity contribution < 1.29 is 19.3 Å². The van der Waals surface area contributed by atoms with E-state index in [1.807, 2.05) is 18.2 Å². The first-order valence-electron chi connectivity index (χ1n) is 12.2. The van der Waals surface area contributed by atoms with Gasteiger partial charge in [-0.15, -0.1) is 0 Å². The van der Waals surface area contributed by atoms with Gasteiger partial charge in [-0.25, -0.2) is 0 Å². The van der Waals surface area contributed by atoms with E-state index < -0.39 is 5.60 Å². The number of methoxy groups -OCH3 is 2. The number of benzene rings is 3. The maximum atomic E-state index is 10.8. The van der Waals surface area contributed by atoms with Crippen LogP contribution in [-0.4, -0.2) is 44.6 Å². The van der Waals surface area contributed by atoms with Gasteiger partial charge in [-0.05, 0) is 55.1 Å². The van der Waals surface area contributed by atoms with Gasteiger partial charge in [-0.2, -0.15) is 0 Å². The van der Waals surface area contributed by atoms with Gasteiger partial charge in [0.1, 0.15) is 23.9 Å². The molecule has 6 nitrogen and oxygen atoms in total. The maximum absolute atomic E-state index is 10.8. The zero-order valence-electron chi connectivity index (χ0n) is 20.9. The number of aliphatic hydroxyl groups is 1. The zero-order valence-corrected chi connectivity index (χ0v) is 20.9. The third-order valence-corrected chi connectivity index (χ3v) is 6.80. The summed E-state index contributed by atoms with van der Waals surface area (Å²) in [6.07, 6.45) is 1.48. The Bertz CT molecular complexity index is 1090. The summed E-state index contributed by atoms with van der Waals surface area (Å²) >= 11 is 0. The van der Waals surface area contributed by atoms with Crippen molar-refractivity contribution in [2.75, 3.05) is 33.9 Å². The van der Waals surface area contributed by atoms with Gasteiger partial charge in [0.15, 0.2) is 0 Å². The van der Waals surface area contributed by atoms with Crippen LogP contribution in [0.3, 0.4) is 0 Å². The van der Waals surface area contributed by atoms with Gasteiger partial charge in [-0.3, -0.25) is 0 Å². The number of rotatable bonds is 10. The van der Waals surface area contributed by atoms with Crippen LogP contribution in [0.5, 0.6) is 17.2 Å². The molecule has 1 aliphatic rings. The molecule has 3 N–H and O–H groups in total. The van der Waals surface area contributed by atoms with E-state index in [9.17, 15) is 5.11 Å². The highest BCUT2D eigenvalue weighted by Gasteiger charge is 2.28. The van der Waals surface area contributed by atoms with E-state index in [1.54, 1.807) is 14.2 Å². The first-order chi connectivity index (χ1) is 17.0. The predicted octanol–water partition coefficient (Wildman–Crippen LogP) is 4.46. The predicted molar refractivity (Wildman–Crippen MR) is 139 cm³/mol. The van der Waals surface area contributed by atoms with E-state index in [0.717, 1.165) is 37.1 Å². The number of ether oxygens (including phenoxy) is 3. The van der Waals surface area contributed by atoms with Gasteiger partial charge in [-0.1, -0.05) is 48.5 Å². The van der Waals surface area contributed by atoms with Gasteiger partial charge < -0.3 is 30.0 Å². The molecule has 0 bridgehead atoms. The average molecular weight is 477 g/mol. The second kappa shape index (κ2) is 11.6. The second-order valence-corrected chi connectivity index (χ2v) is 9.13. The van der Waals surface area contributed by atoms with Crippen LogP contribution in [0.25, 0.3) is 11.1 Å². The molecule has 3 aromatic carbocycles. The SMILES string of the molecule is COc1cc(OCc2cccc(-c3ccccc3)c2C)cc(OC)c1CNCC1(O)CCNCC1. The molecule has 0 aliphatic carbocycles. The van der Waals surface area contributed by atoms with Crippen molar-refractivity contribution in [2.24, 2.45) is 0 Å². The molecule has 0 atom stereocenters. The highest BCUT2D eigenvalue weighted by atomic mass is 16.5. The van der Waals surface area contributed by atoms with Crippen LogP contribution in [0, 0.1) is 6.92 Å². The van der Waals surface area contributed by atoms with Crippen molar-refractivity contribution >= 4 is 0 Å². The summed E-state index contributed by atoms with van der Waals surface area (Å²) in [4.78, 5) is 0. The average Bonchev–Trinajstić information content (AvgIpc) is 2.89. The van der Waals surface area contributed by atoms with Crippen molar-refractivity contribution in [1.29, 1.82) is 0 Å². The van der Waals surface area contributed by atoms with Crippen LogP contribution in [0.15, 0.2) is 60.7 Å². The van der Waals surface area contributed by atoms with Crippen LogP contribution < -0.4 is 24.8 Å². The van der Waals surface area contributed by atoms with Gasteiger partial charge in [0, 0.05) is 25.2 Å². The number of hydrogen-bond acceptors (Lipinski definition) is 6. The maximum Gasteiger partial charge on any atom is 0.130 e. The Balaban J connectivity index is 1.46. The fourth-order valence-corrected chi connectivity index (χ4v) is 4.64. The Morgan fingerprint density at radius 2 is 1.63 bits per heavy atom. The lowest BCUT2D eigenvalue weighted by atomic mass is 9.92. The van der Waals surface area contributed by atoms with Crippen LogP contribution >= 0.6 is 0 Å². The lowest BCUT2D eigenvalue weighted by molar-refractivity contribution is 0.0108. The number of hydrogen-bond donors (Lipinski definition) is 3. The van der Waals surface area contributed by atoms with Crippen molar-refractivity contribution in [3.63, 3.8) is 0 Å². The molecule has 1 saturated heterocycles. The molecule has 3 aromatic rings. The van der Waals surface area contributed by atoms with Crippen molar-refractivity contribution in [2.45, 2.75) is 38.5 Å². The Kier molecular flexibility index (Phi) is 8.29. The summed E-state index contributed by atoms with van der Waals surface area (Å²) in [5, 5.41) is 17.4. The first-order valence-corrected chi connectivity index (χ1v) is 12.2. The summed E-state index contributed by atoms with van der Waals surface area (Å²) in [6.45, 7) is 5.30. The summed E-state index contributed by atoms with van der Waals surface area (Å²) < 4.78 is 17.5. The lowest BCUT2D eigenvalue weighted by Crippen LogP contribution is -2.48. The van der Waals surface area contributed by atoms with Crippen LogP contribution in [0.1, 0.15) is 29.5 Å². The Labute approximate surface area is 208 Å². The van der Waals surface area contributed by atoms with E-state index in [2.05, 4.69) is 60.0 Å². The van der Waals surface area contributed by atoms with Crippen LogP contribution in [-0.2, 0) is 13.2 Å². The largest absolute Gasteiger partial charge is 0.496 e. The number of nitrogens with one attached hydrogen (secondary N) is 2. The molecule has 0 unspecified atom stereocenters. The molecule has 6 heteroatoms. The van der Waals surface area contributed by atoms with Crippen LogP contribution in [0.2, 0.25) is 0 Å². The monoisotopic (exact) mass is 476 g/mol. The minimum Gasteiger partial charge on any atom is -0.496 e. The van der Waals surface area contributed by atoms with Gasteiger partial charge >= 0.3 is 0 Å². The first kappa shape index (κ1) is 25.0. The normalized spacial score (nSPS) is 15.0. The van der Waals surface area contributed by atoms with Gasteiger partial charge in [0.25, 0.3) is 0 Å². The molecule has 1 aliphatic heterocycles. The van der Waals surface area contributed by atoms with Crippen molar-refractivity contribution in [3.8, 4) is 28.4 Å². The van der Waals surface area contributed by atoms with E-state index in [-0.39, 0.29) is 0 Å². The molecule has 0 amide bonds. The van der Waals surface area contributed by atoms with Gasteiger partial charge in [0.05, 0.1) is 25.4 Å². The van der Waals surface area contributed by atoms with Crippen molar-refractivity contribution in [3.05, 3.63) is 77.4 Å². The Morgan fingerprint density at radius 1 is 0.943 bits per heavy atom. The Morgan fingerprint density at radius 3 is 2.29 bits per heavy atom. The highest BCUT2D eigenvalue weighted by molar-refractivity contribution is 5.68. The minimum atomic E-state index is -0.680. The molecule has 1 heterocycles. The quantitative estimate of drug-likeness (QED) is 0.401. The molecule has 4 rings (SSSR count). The highest BCUT2D eigenvalue weighted by Crippen LogP contribution is 2.35. The summed E-state index contributed by atoms with van der Waals surface area (Å²) in [6, 6.07) is 20.5. The van der Waals surface area contributed by atoms with E-state index in [0.29, 0.717) is 36.9 Å². The third kappa shape index (κ3) is 6.14. The molecule has 0 aromatic heterocycles. The van der Waals surface area contributed by atoms with E-state index in [4.69, 9.17) is 14.2 Å². The molecular weight excluding hydrogens is 440 g/mol. The van der Waals surface area contributed by atoms with Crippen LogP contribution in [0.4, 0.5) is 0 Å². The molecule has 1 fully saturated rings. The van der Waals surface area contributed by atoms with Gasteiger partial charge in [0.2, 0.25) is 0 Å². The summed E-state index contributed by atoms with van der Waals surface area (Å²) in [5.74, 6) is 2.07. The topological polar surface area (TPSA) is 72.0 Å². The molecule has 0 radical (unpaired) electrons. The molecular formula is C29H36N2O4. The molecule has 35 heavy (non-hydrogen) atoms. The van der Waals surface area contributed by atoms with E-state index in [1.165, 1.54) is 16.7 Å². The summed E-state index contributed by atoms with van der Waals surface area (Å²) in [5.41, 5.74) is 4.96. The minimum absolute atomic E-state index is 0.442. The van der Waals surface area contributed by atoms with E-state index >= 15 is 0 Å². The fourth-order valence-electron chi connectivity index (χ4n) is 4.64. The van der Waals surface area contributed by atoms with Crippen molar-refractivity contribution in [1.82, 2.24) is 10.6 Å². The third-order valence-electron chi connectivity index (χ3n) is 6.80. The zero-order chi connectivity index (χ0) is 24.7. The number of piperidine rings is 1. The lowest BCUT2D eigenvalue weighted by Gasteiger charge is -2.32. The Hall–Kier alpha value is -3.06. The molecule has 186 valence electrons. The fraction of sp³-hybridized carbons (Fsp3) is 0.379. The smallest absolute Gasteiger partial charge is 0.130 e. The summed E-state index contributed by atoms with van der Waals surface area (Å²) in [7, 11) is 3.30. The standard InChI is InChI=1S/C29H36N2O4/c1-21-23(10-7-11-25(21)22-8-5-4-6-9-22)19-35-24-16-27(33-2)26(28(17-24)34-3)18-31-20-29(32)12-14-30-15-13-29/h4-11,16-17,30-32H,12-15,18-20H2,1-3H3. The second-order valence-electron chi connectivity index (χ2n) is 9.13.